The van der Waals surface area contributed by atoms with E-state index in [0.717, 1.165) is 50.2 Å². The molecule has 4 aromatic heterocycles. The fourth-order valence-electron chi connectivity index (χ4n) is 4.70. The van der Waals surface area contributed by atoms with Crippen molar-refractivity contribution >= 4 is 46.1 Å². The van der Waals surface area contributed by atoms with Crippen molar-refractivity contribution in [2.45, 2.75) is 13.3 Å². The van der Waals surface area contributed by atoms with E-state index >= 15 is 0 Å². The molecule has 0 unspecified atom stereocenters. The Morgan fingerprint density at radius 2 is 1.90 bits per heavy atom. The van der Waals surface area contributed by atoms with Gasteiger partial charge >= 0.3 is 0 Å². The molecule has 0 radical (unpaired) electrons. The molecule has 1 amide bonds. The predicted molar refractivity (Wildman–Crippen MR) is 163 cm³/mol. The zero-order valence-corrected chi connectivity index (χ0v) is 22.6. The summed E-state index contributed by atoms with van der Waals surface area (Å²) in [5.41, 5.74) is 7.92. The number of imidazole rings is 1. The predicted octanol–water partition coefficient (Wildman–Crippen LogP) is 5.74. The largest absolute Gasteiger partial charge is 0.347 e. The lowest BCUT2D eigenvalue weighted by atomic mass is 10.1. The van der Waals surface area contributed by atoms with Gasteiger partial charge in [-0.1, -0.05) is 36.4 Å². The van der Waals surface area contributed by atoms with Crippen LogP contribution in [-0.4, -0.2) is 49.8 Å². The number of H-pyrrole nitrogens is 2. The minimum Gasteiger partial charge on any atom is -0.347 e. The summed E-state index contributed by atoms with van der Waals surface area (Å²) in [6, 6.07) is 19.5. The lowest BCUT2D eigenvalue weighted by molar-refractivity contribution is -0.115. The zero-order chi connectivity index (χ0) is 28.3. The lowest BCUT2D eigenvalue weighted by Crippen LogP contribution is -2.14. The van der Waals surface area contributed by atoms with E-state index in [1.807, 2.05) is 85.7 Å². The Morgan fingerprint density at radius 3 is 2.73 bits per heavy atom. The fourth-order valence-corrected chi connectivity index (χ4v) is 4.70. The molecular weight excluding hydrogens is 514 g/mol. The van der Waals surface area contributed by atoms with Gasteiger partial charge in [0.25, 0.3) is 0 Å². The van der Waals surface area contributed by atoms with E-state index in [9.17, 15) is 4.79 Å². The first-order valence-corrected chi connectivity index (χ1v) is 13.0. The van der Waals surface area contributed by atoms with Gasteiger partial charge in [0.15, 0.2) is 11.5 Å². The van der Waals surface area contributed by atoms with Crippen LogP contribution in [0.5, 0.6) is 0 Å². The van der Waals surface area contributed by atoms with Gasteiger partial charge in [-0.05, 0) is 43.5 Å². The van der Waals surface area contributed by atoms with Crippen LogP contribution in [-0.2, 0) is 11.2 Å². The van der Waals surface area contributed by atoms with E-state index in [1.165, 1.54) is 0 Å². The third kappa shape index (κ3) is 5.30. The van der Waals surface area contributed by atoms with Crippen LogP contribution in [0.25, 0.3) is 44.7 Å². The Balaban J connectivity index is 1.31. The smallest absolute Gasteiger partial charge is 0.228 e. The first kappa shape index (κ1) is 25.6. The molecule has 0 aliphatic rings. The number of hydrogen-bond acceptors (Lipinski definition) is 7. The standard InChI is InChI=1S/C31H27N9O/c1-19(32-2)18-40(3)26-11-7-10-25-29(26)37-31(36-25)28-24-14-22(16-34-30(24)39-38-28)21-13-23(17-33-15-21)35-27(41)12-20-8-5-4-6-9-20/h4-11,13-18H,2,12H2,1,3H3,(H,35,41)(H,36,37)(H,34,38,39)/b19-18-. The van der Waals surface area contributed by atoms with E-state index < -0.39 is 0 Å². The maximum atomic E-state index is 12.6. The molecule has 6 aromatic rings. The van der Waals surface area contributed by atoms with Gasteiger partial charge in [0, 0.05) is 36.8 Å². The number of nitrogens with one attached hydrogen (secondary N) is 3. The number of allylic oxidation sites excluding steroid dienone is 1. The number of carbonyl (C=O) groups is 1. The summed E-state index contributed by atoms with van der Waals surface area (Å²) in [4.78, 5) is 35.8. The van der Waals surface area contributed by atoms with Crippen LogP contribution in [0.2, 0.25) is 0 Å². The Bertz CT molecular complexity index is 1920. The van der Waals surface area contributed by atoms with Gasteiger partial charge in [-0.25, -0.2) is 9.97 Å². The van der Waals surface area contributed by atoms with Crippen molar-refractivity contribution in [2.75, 3.05) is 17.3 Å². The Labute approximate surface area is 235 Å². The number of nitrogens with zero attached hydrogens (tertiary/aromatic N) is 6. The van der Waals surface area contributed by atoms with Gasteiger partial charge in [0.1, 0.15) is 11.2 Å². The first-order chi connectivity index (χ1) is 20.0. The van der Waals surface area contributed by atoms with Gasteiger partial charge in [0.05, 0.1) is 40.6 Å². The molecule has 0 spiro atoms. The summed E-state index contributed by atoms with van der Waals surface area (Å²) < 4.78 is 0. The summed E-state index contributed by atoms with van der Waals surface area (Å²) in [5.74, 6) is 0.534. The van der Waals surface area contributed by atoms with Crippen molar-refractivity contribution < 1.29 is 4.79 Å². The van der Waals surface area contributed by atoms with E-state index in [-0.39, 0.29) is 12.3 Å². The Morgan fingerprint density at radius 1 is 1.07 bits per heavy atom. The molecule has 10 nitrogen and oxygen atoms in total. The number of aromatic nitrogens is 6. The van der Waals surface area contributed by atoms with Crippen molar-refractivity contribution in [2.24, 2.45) is 4.99 Å². The molecule has 3 N–H and O–H groups in total. The van der Waals surface area contributed by atoms with Crippen LogP contribution in [0.4, 0.5) is 11.4 Å². The SMILES string of the molecule is C=N/C(C)=C\N(C)c1cccc2[nH]c(-c3[nH]nc4ncc(-c5cncc(NC(=O)Cc6ccccc6)c5)cc34)nc12. The summed E-state index contributed by atoms with van der Waals surface area (Å²) in [7, 11) is 1.95. The minimum absolute atomic E-state index is 0.109. The Hall–Kier alpha value is -5.64. The molecule has 0 aliphatic carbocycles. The van der Waals surface area contributed by atoms with Crippen molar-refractivity contribution in [3.63, 3.8) is 0 Å². The summed E-state index contributed by atoms with van der Waals surface area (Å²) in [6.07, 6.45) is 7.31. The van der Waals surface area contributed by atoms with E-state index in [2.05, 4.69) is 42.2 Å². The van der Waals surface area contributed by atoms with Crippen LogP contribution in [0.3, 0.4) is 0 Å². The lowest BCUT2D eigenvalue weighted by Gasteiger charge is -2.15. The maximum Gasteiger partial charge on any atom is 0.228 e. The van der Waals surface area contributed by atoms with Crippen molar-refractivity contribution in [1.82, 2.24) is 30.1 Å². The minimum atomic E-state index is -0.109. The molecule has 0 aliphatic heterocycles. The molecule has 0 bridgehead atoms. The highest BCUT2D eigenvalue weighted by Gasteiger charge is 2.17. The summed E-state index contributed by atoms with van der Waals surface area (Å²) in [5, 5.41) is 11.2. The van der Waals surface area contributed by atoms with Crippen LogP contribution < -0.4 is 10.2 Å². The van der Waals surface area contributed by atoms with Gasteiger partial charge < -0.3 is 15.2 Å². The molecule has 2 aromatic carbocycles. The molecule has 10 heteroatoms. The molecule has 6 rings (SSSR count). The highest BCUT2D eigenvalue weighted by molar-refractivity contribution is 5.97. The molecule has 202 valence electrons. The van der Waals surface area contributed by atoms with Gasteiger partial charge in [0.2, 0.25) is 5.91 Å². The third-order valence-electron chi connectivity index (χ3n) is 6.71. The maximum absolute atomic E-state index is 12.6. The fraction of sp³-hybridized carbons (Fsp3) is 0.0968. The number of fused-ring (bicyclic) bond motifs is 2. The summed E-state index contributed by atoms with van der Waals surface area (Å²) >= 11 is 0. The monoisotopic (exact) mass is 541 g/mol. The molecule has 4 heterocycles. The van der Waals surface area contributed by atoms with Gasteiger partial charge in [-0.15, -0.1) is 0 Å². The normalized spacial score (nSPS) is 11.6. The van der Waals surface area contributed by atoms with Crippen molar-refractivity contribution in [3.8, 4) is 22.6 Å². The van der Waals surface area contributed by atoms with Crippen LogP contribution >= 0.6 is 0 Å². The number of anilines is 2. The first-order valence-electron chi connectivity index (χ1n) is 13.0. The van der Waals surface area contributed by atoms with Crippen LogP contribution in [0.15, 0.2) is 96.1 Å². The molecule has 0 fully saturated rings. The van der Waals surface area contributed by atoms with Crippen LogP contribution in [0, 0.1) is 0 Å². The summed E-state index contributed by atoms with van der Waals surface area (Å²) in [6.45, 7) is 5.49. The molecular formula is C31H27N9O. The van der Waals surface area contributed by atoms with E-state index in [4.69, 9.17) is 4.98 Å². The molecule has 41 heavy (non-hydrogen) atoms. The number of benzene rings is 2. The average Bonchev–Trinajstić information content (AvgIpc) is 3.61. The second-order valence-corrected chi connectivity index (χ2v) is 9.66. The van der Waals surface area contributed by atoms with E-state index in [1.54, 1.807) is 18.6 Å². The number of carbonyl (C=O) groups excluding carboxylic acids is 1. The quantitative estimate of drug-likeness (QED) is 0.211. The number of aliphatic imine (C=N–C) groups is 1. The topological polar surface area (TPSA) is 128 Å². The average molecular weight is 542 g/mol. The van der Waals surface area contributed by atoms with Crippen LogP contribution in [0.1, 0.15) is 12.5 Å². The molecule has 0 atom stereocenters. The number of aromatic amines is 2. The Kier molecular flexibility index (Phi) is 6.78. The number of amides is 1. The molecule has 0 saturated carbocycles. The molecule has 0 saturated heterocycles. The van der Waals surface area contributed by atoms with E-state index in [0.29, 0.717) is 17.2 Å². The highest BCUT2D eigenvalue weighted by Crippen LogP contribution is 2.32. The van der Waals surface area contributed by atoms with Crippen molar-refractivity contribution in [1.29, 1.82) is 0 Å². The second-order valence-electron chi connectivity index (χ2n) is 9.66. The number of pyridine rings is 2. The number of rotatable bonds is 8. The third-order valence-corrected chi connectivity index (χ3v) is 6.71. The van der Waals surface area contributed by atoms with Gasteiger partial charge in [-0.3, -0.25) is 19.9 Å². The highest BCUT2D eigenvalue weighted by atomic mass is 16.1. The van der Waals surface area contributed by atoms with Gasteiger partial charge in [-0.2, -0.15) is 5.10 Å². The second kappa shape index (κ2) is 10.9. The number of hydrogen-bond donors (Lipinski definition) is 3. The number of para-hydroxylation sites is 1. The van der Waals surface area contributed by atoms with Crippen molar-refractivity contribution in [3.05, 3.63) is 96.7 Å². The zero-order valence-electron chi connectivity index (χ0n) is 22.6.